The lowest BCUT2D eigenvalue weighted by Gasteiger charge is -2.24. The van der Waals surface area contributed by atoms with Gasteiger partial charge in [0.1, 0.15) is 0 Å². The molecule has 1 heterocycles. The van der Waals surface area contributed by atoms with E-state index in [-0.39, 0.29) is 5.41 Å². The molecular formula is C49H34N2. The minimum absolute atomic E-state index is 0.112. The molecule has 10 rings (SSSR count). The first kappa shape index (κ1) is 29.5. The molecule has 0 unspecified atom stereocenters. The Bertz CT molecular complexity index is 2830. The van der Waals surface area contributed by atoms with Gasteiger partial charge in [-0.05, 0) is 83.9 Å². The first-order valence-corrected chi connectivity index (χ1v) is 17.7. The Hall–Kier alpha value is -6.38. The summed E-state index contributed by atoms with van der Waals surface area (Å²) in [5.41, 5.74) is 12.8. The van der Waals surface area contributed by atoms with Gasteiger partial charge in [-0.25, -0.2) is 9.97 Å². The van der Waals surface area contributed by atoms with Gasteiger partial charge in [0.25, 0.3) is 0 Å². The van der Waals surface area contributed by atoms with Crippen molar-refractivity contribution in [1.82, 2.24) is 9.97 Å². The predicted octanol–water partition coefficient (Wildman–Crippen LogP) is 12.9. The van der Waals surface area contributed by atoms with Crippen molar-refractivity contribution in [3.63, 3.8) is 0 Å². The highest BCUT2D eigenvalue weighted by atomic mass is 14.9. The quantitative estimate of drug-likeness (QED) is 0.140. The van der Waals surface area contributed by atoms with E-state index in [4.69, 9.17) is 9.97 Å². The molecule has 0 spiro atoms. The Morgan fingerprint density at radius 2 is 1.04 bits per heavy atom. The van der Waals surface area contributed by atoms with Gasteiger partial charge < -0.3 is 0 Å². The number of rotatable bonds is 4. The molecule has 51 heavy (non-hydrogen) atoms. The van der Waals surface area contributed by atoms with Crippen LogP contribution in [0.5, 0.6) is 0 Å². The number of benzene rings is 8. The van der Waals surface area contributed by atoms with Crippen LogP contribution in [-0.4, -0.2) is 9.97 Å². The second kappa shape index (κ2) is 11.3. The maximum absolute atomic E-state index is 5.37. The molecule has 1 aliphatic carbocycles. The van der Waals surface area contributed by atoms with E-state index in [1.54, 1.807) is 0 Å². The summed E-state index contributed by atoms with van der Waals surface area (Å²) in [5, 5.41) is 7.23. The summed E-state index contributed by atoms with van der Waals surface area (Å²) < 4.78 is 0. The fourth-order valence-corrected chi connectivity index (χ4v) is 8.48. The van der Waals surface area contributed by atoms with Gasteiger partial charge in [0.05, 0.1) is 11.4 Å². The molecule has 0 saturated heterocycles. The van der Waals surface area contributed by atoms with Gasteiger partial charge in [0.2, 0.25) is 0 Å². The van der Waals surface area contributed by atoms with E-state index in [9.17, 15) is 0 Å². The Morgan fingerprint density at radius 3 is 1.92 bits per heavy atom. The summed E-state index contributed by atoms with van der Waals surface area (Å²) >= 11 is 0. The van der Waals surface area contributed by atoms with E-state index in [2.05, 4.69) is 178 Å². The average Bonchev–Trinajstić information content (AvgIpc) is 3.43. The summed E-state index contributed by atoms with van der Waals surface area (Å²) in [4.78, 5) is 10.6. The van der Waals surface area contributed by atoms with E-state index >= 15 is 0 Å². The van der Waals surface area contributed by atoms with Crippen molar-refractivity contribution in [1.29, 1.82) is 0 Å². The highest BCUT2D eigenvalue weighted by Gasteiger charge is 2.37. The lowest BCUT2D eigenvalue weighted by Crippen LogP contribution is -2.16. The van der Waals surface area contributed by atoms with E-state index in [0.717, 1.165) is 28.1 Å². The number of hydrogen-bond acceptors (Lipinski definition) is 2. The van der Waals surface area contributed by atoms with E-state index < -0.39 is 0 Å². The van der Waals surface area contributed by atoms with E-state index in [0.29, 0.717) is 5.82 Å². The monoisotopic (exact) mass is 650 g/mol. The first-order valence-electron chi connectivity index (χ1n) is 17.7. The molecule has 0 saturated carbocycles. The molecule has 0 radical (unpaired) electrons. The maximum Gasteiger partial charge on any atom is 0.160 e. The Labute approximate surface area is 297 Å². The summed E-state index contributed by atoms with van der Waals surface area (Å²) in [7, 11) is 0. The smallest absolute Gasteiger partial charge is 0.160 e. The molecule has 1 aromatic heterocycles. The molecule has 240 valence electrons. The zero-order valence-electron chi connectivity index (χ0n) is 28.6. The molecular weight excluding hydrogens is 617 g/mol. The van der Waals surface area contributed by atoms with Crippen LogP contribution in [0.1, 0.15) is 25.0 Å². The average molecular weight is 651 g/mol. The highest BCUT2D eigenvalue weighted by molar-refractivity contribution is 6.21. The molecule has 9 aromatic rings. The largest absolute Gasteiger partial charge is 0.228 e. The fourth-order valence-electron chi connectivity index (χ4n) is 8.48. The Morgan fingerprint density at radius 1 is 0.412 bits per heavy atom. The molecule has 1 aliphatic rings. The first-order chi connectivity index (χ1) is 25.0. The van der Waals surface area contributed by atoms with Crippen molar-refractivity contribution in [2.45, 2.75) is 19.3 Å². The molecule has 0 amide bonds. The number of aromatic nitrogens is 2. The lowest BCUT2D eigenvalue weighted by molar-refractivity contribution is 0.662. The van der Waals surface area contributed by atoms with Crippen molar-refractivity contribution in [3.05, 3.63) is 181 Å². The SMILES string of the molecule is CC1(C)c2ccccc2-c2cccc(-c3cccc(-c4cc(-c5c6ccccc6cc6ccc7ccccc7c56)nc(-c5ccccc5)n4)c3)c21. The van der Waals surface area contributed by atoms with Gasteiger partial charge >= 0.3 is 0 Å². The van der Waals surface area contributed by atoms with Crippen LogP contribution in [0.2, 0.25) is 0 Å². The summed E-state index contributed by atoms with van der Waals surface area (Å²) in [6, 6.07) is 61.2. The number of hydrogen-bond donors (Lipinski definition) is 0. The van der Waals surface area contributed by atoms with Gasteiger partial charge in [-0.3, -0.25) is 0 Å². The minimum atomic E-state index is -0.112. The van der Waals surface area contributed by atoms with Crippen LogP contribution < -0.4 is 0 Å². The third kappa shape index (κ3) is 4.64. The summed E-state index contributed by atoms with van der Waals surface area (Å²) in [5.74, 6) is 0.715. The van der Waals surface area contributed by atoms with Gasteiger partial charge in [0.15, 0.2) is 5.82 Å². The summed E-state index contributed by atoms with van der Waals surface area (Å²) in [6.07, 6.45) is 0. The van der Waals surface area contributed by atoms with Crippen molar-refractivity contribution >= 4 is 32.3 Å². The second-order valence-corrected chi connectivity index (χ2v) is 14.2. The maximum atomic E-state index is 5.37. The Balaban J connectivity index is 1.23. The van der Waals surface area contributed by atoms with Crippen molar-refractivity contribution in [2.24, 2.45) is 0 Å². The van der Waals surface area contributed by atoms with Gasteiger partial charge in [0, 0.05) is 22.1 Å². The standard InChI is InChI=1S/C49H34N2/c1-49(2)42-25-11-10-22-40(42)41-24-13-23-39(47(41)49)34-18-12-19-35(28-34)43-30-44(51-48(50-43)32-15-4-3-5-16-32)46-38-21-9-7-17-33(38)29-36-27-26-31-14-6-8-20-37(31)45(36)46/h3-30H,1-2H3. The van der Waals surface area contributed by atoms with Crippen molar-refractivity contribution in [2.75, 3.05) is 0 Å². The molecule has 0 fully saturated rings. The second-order valence-electron chi connectivity index (χ2n) is 14.2. The van der Waals surface area contributed by atoms with Crippen molar-refractivity contribution in [3.8, 4) is 56.2 Å². The zero-order valence-corrected chi connectivity index (χ0v) is 28.6. The topological polar surface area (TPSA) is 25.8 Å². The predicted molar refractivity (Wildman–Crippen MR) is 214 cm³/mol. The van der Waals surface area contributed by atoms with E-state index in [1.807, 2.05) is 6.07 Å². The van der Waals surface area contributed by atoms with Crippen LogP contribution in [0.4, 0.5) is 0 Å². The third-order valence-electron chi connectivity index (χ3n) is 10.8. The van der Waals surface area contributed by atoms with Crippen LogP contribution in [0.3, 0.4) is 0 Å². The van der Waals surface area contributed by atoms with Crippen LogP contribution in [-0.2, 0) is 5.41 Å². The molecule has 0 atom stereocenters. The van der Waals surface area contributed by atoms with E-state index in [1.165, 1.54) is 65.7 Å². The minimum Gasteiger partial charge on any atom is -0.228 e. The Kier molecular flexibility index (Phi) is 6.56. The zero-order chi connectivity index (χ0) is 34.1. The molecule has 0 bridgehead atoms. The van der Waals surface area contributed by atoms with Crippen LogP contribution in [0.25, 0.3) is 88.5 Å². The van der Waals surface area contributed by atoms with Crippen LogP contribution in [0, 0.1) is 0 Å². The molecule has 2 heteroatoms. The summed E-state index contributed by atoms with van der Waals surface area (Å²) in [6.45, 7) is 4.71. The van der Waals surface area contributed by atoms with Gasteiger partial charge in [-0.2, -0.15) is 0 Å². The normalized spacial score (nSPS) is 13.1. The molecule has 8 aromatic carbocycles. The molecule has 0 aliphatic heterocycles. The van der Waals surface area contributed by atoms with Gasteiger partial charge in [-0.1, -0.05) is 166 Å². The van der Waals surface area contributed by atoms with Crippen molar-refractivity contribution < 1.29 is 0 Å². The number of fused-ring (bicyclic) bond motifs is 7. The number of nitrogens with zero attached hydrogens (tertiary/aromatic N) is 2. The van der Waals surface area contributed by atoms with Gasteiger partial charge in [-0.15, -0.1) is 0 Å². The third-order valence-corrected chi connectivity index (χ3v) is 10.8. The fraction of sp³-hybridized carbons (Fsp3) is 0.0612. The van der Waals surface area contributed by atoms with Crippen LogP contribution in [0.15, 0.2) is 170 Å². The lowest BCUT2D eigenvalue weighted by atomic mass is 9.78. The highest BCUT2D eigenvalue weighted by Crippen LogP contribution is 2.52. The van der Waals surface area contributed by atoms with Crippen LogP contribution >= 0.6 is 0 Å². The molecule has 0 N–H and O–H groups in total. The molecule has 2 nitrogen and oxygen atoms in total.